The van der Waals surface area contributed by atoms with Crippen molar-refractivity contribution in [2.45, 2.75) is 0 Å². The topological polar surface area (TPSA) is 23.1 Å². The molecule has 0 fully saturated rings. The lowest BCUT2D eigenvalue weighted by molar-refractivity contribution is 0.605. The van der Waals surface area contributed by atoms with Gasteiger partial charge in [0.25, 0.3) is 0 Å². The Morgan fingerprint density at radius 3 is 2.43 bits per heavy atom. The molecular weight excluding hydrogens is 148 g/mol. The highest BCUT2D eigenvalue weighted by atomic mass is 33.1. The molecule has 0 rings (SSSR count). The Hall–Kier alpha value is 1.01. The van der Waals surface area contributed by atoms with Crippen LogP contribution in [0.2, 0.25) is 0 Å². The third-order valence-electron chi connectivity index (χ3n) is 0.332. The lowest BCUT2D eigenvalue weighted by Crippen LogP contribution is -1.96. The van der Waals surface area contributed by atoms with Crippen molar-refractivity contribution >= 4 is 32.8 Å². The van der Waals surface area contributed by atoms with Gasteiger partial charge < -0.3 is 4.55 Å². The van der Waals surface area contributed by atoms with Gasteiger partial charge in [0, 0.05) is 0 Å². The summed E-state index contributed by atoms with van der Waals surface area (Å²) in [7, 11) is 3.29. The van der Waals surface area contributed by atoms with E-state index in [2.05, 4.69) is 0 Å². The van der Waals surface area contributed by atoms with Gasteiger partial charge in [-0.1, -0.05) is 10.8 Å². The fraction of sp³-hybridized carbons (Fsp3) is 1.00. The van der Waals surface area contributed by atoms with Crippen LogP contribution in [-0.2, 0) is 11.2 Å². The van der Waals surface area contributed by atoms with E-state index in [1.165, 1.54) is 0 Å². The second kappa shape index (κ2) is 5.15. The van der Waals surface area contributed by atoms with E-state index in [4.69, 9.17) is 0 Å². The molecule has 0 aliphatic carbocycles. The molecule has 4 heteroatoms. The van der Waals surface area contributed by atoms with Crippen molar-refractivity contribution in [1.82, 2.24) is 0 Å². The largest absolute Gasteiger partial charge is 0.616 e. The minimum absolute atomic E-state index is 0.623. The fourth-order valence-electron chi connectivity index (χ4n) is 0.116. The Bertz CT molecular complexity index is 39.2. The smallest absolute Gasteiger partial charge is 0.160 e. The molecule has 0 N–H and O–H groups in total. The van der Waals surface area contributed by atoms with Crippen LogP contribution in [0.1, 0.15) is 0 Å². The summed E-state index contributed by atoms with van der Waals surface area (Å²) in [6.07, 6.45) is 3.70. The highest BCUT2D eigenvalue weighted by Gasteiger charge is 1.92. The monoisotopic (exact) mass is 156 g/mol. The van der Waals surface area contributed by atoms with Gasteiger partial charge in [0.1, 0.15) is 0 Å². The standard InChI is InChI=1S/C3H8OS3/c1-5-6-3-7(2)4/h3H2,1-2H3. The van der Waals surface area contributed by atoms with Crippen molar-refractivity contribution in [2.75, 3.05) is 17.6 Å². The van der Waals surface area contributed by atoms with Crippen molar-refractivity contribution in [3.63, 3.8) is 0 Å². The van der Waals surface area contributed by atoms with Crippen LogP contribution in [0.4, 0.5) is 0 Å². The summed E-state index contributed by atoms with van der Waals surface area (Å²) >= 11 is -0.623. The minimum atomic E-state index is -0.623. The van der Waals surface area contributed by atoms with Gasteiger partial charge in [-0.25, -0.2) is 0 Å². The quantitative estimate of drug-likeness (QED) is 0.455. The molecule has 0 aromatic carbocycles. The van der Waals surface area contributed by atoms with E-state index in [0.717, 1.165) is 5.08 Å². The zero-order chi connectivity index (χ0) is 5.70. The van der Waals surface area contributed by atoms with Crippen LogP contribution in [0.15, 0.2) is 0 Å². The predicted octanol–water partition coefficient (Wildman–Crippen LogP) is 1.33. The van der Waals surface area contributed by atoms with Gasteiger partial charge in [0.15, 0.2) is 5.08 Å². The lowest BCUT2D eigenvalue weighted by atomic mass is 11.9. The maximum Gasteiger partial charge on any atom is 0.160 e. The Morgan fingerprint density at radius 2 is 2.29 bits per heavy atom. The van der Waals surface area contributed by atoms with Crippen LogP contribution in [0.3, 0.4) is 0 Å². The van der Waals surface area contributed by atoms with E-state index in [9.17, 15) is 4.55 Å². The molecule has 0 aromatic rings. The predicted molar refractivity (Wildman–Crippen MR) is 40.0 cm³/mol. The minimum Gasteiger partial charge on any atom is -0.616 e. The number of rotatable bonds is 3. The van der Waals surface area contributed by atoms with Crippen molar-refractivity contribution in [1.29, 1.82) is 0 Å². The maximum atomic E-state index is 10.3. The molecule has 0 aromatic heterocycles. The molecule has 0 saturated heterocycles. The highest BCUT2D eigenvalue weighted by Crippen LogP contribution is 2.17. The van der Waals surface area contributed by atoms with Crippen LogP contribution >= 0.6 is 21.6 Å². The Labute approximate surface area is 55.2 Å². The molecule has 1 atom stereocenters. The van der Waals surface area contributed by atoms with Crippen LogP contribution in [0.25, 0.3) is 0 Å². The van der Waals surface area contributed by atoms with Gasteiger partial charge in [-0.3, -0.25) is 0 Å². The molecule has 0 saturated carbocycles. The second-order valence-electron chi connectivity index (χ2n) is 0.976. The first kappa shape index (κ1) is 8.01. The molecule has 1 nitrogen and oxygen atoms in total. The molecular formula is C3H8OS3. The lowest BCUT2D eigenvalue weighted by Gasteiger charge is -1.99. The third kappa shape index (κ3) is 7.01. The first-order valence-electron chi connectivity index (χ1n) is 1.73. The Morgan fingerprint density at radius 1 is 1.71 bits per heavy atom. The van der Waals surface area contributed by atoms with Crippen molar-refractivity contribution < 1.29 is 4.55 Å². The van der Waals surface area contributed by atoms with Gasteiger partial charge in [-0.2, -0.15) is 0 Å². The summed E-state index contributed by atoms with van der Waals surface area (Å²) in [6, 6.07) is 0. The van der Waals surface area contributed by atoms with E-state index in [-0.39, 0.29) is 0 Å². The molecule has 44 valence electrons. The molecule has 0 aliphatic rings. The van der Waals surface area contributed by atoms with Crippen molar-refractivity contribution in [3.05, 3.63) is 0 Å². The summed E-state index contributed by atoms with van der Waals surface area (Å²) < 4.78 is 10.3. The maximum absolute atomic E-state index is 10.3. The molecule has 0 amide bonds. The van der Waals surface area contributed by atoms with Crippen LogP contribution in [0, 0.1) is 0 Å². The van der Waals surface area contributed by atoms with Gasteiger partial charge in [0.05, 0.1) is 6.26 Å². The molecule has 0 aliphatic heterocycles. The first-order chi connectivity index (χ1) is 3.27. The summed E-state index contributed by atoms with van der Waals surface area (Å²) in [5.41, 5.74) is 0. The van der Waals surface area contributed by atoms with E-state index < -0.39 is 11.2 Å². The Kier molecular flexibility index (Phi) is 5.90. The zero-order valence-corrected chi connectivity index (χ0v) is 6.79. The van der Waals surface area contributed by atoms with E-state index in [0.29, 0.717) is 0 Å². The zero-order valence-electron chi connectivity index (χ0n) is 4.34. The molecule has 1 unspecified atom stereocenters. The SMILES string of the molecule is CSSC[S+](C)[O-]. The average molecular weight is 156 g/mol. The normalized spacial score (nSPS) is 14.1. The molecule has 0 bridgehead atoms. The Balaban J connectivity index is 2.68. The second-order valence-corrected chi connectivity index (χ2v) is 5.34. The summed E-state index contributed by atoms with van der Waals surface area (Å²) in [5.74, 6) is 0. The van der Waals surface area contributed by atoms with Crippen molar-refractivity contribution in [2.24, 2.45) is 0 Å². The average Bonchev–Trinajstić information content (AvgIpc) is 1.61. The van der Waals surface area contributed by atoms with E-state index in [1.54, 1.807) is 27.8 Å². The molecule has 7 heavy (non-hydrogen) atoms. The van der Waals surface area contributed by atoms with E-state index in [1.807, 2.05) is 6.26 Å². The molecule has 0 radical (unpaired) electrons. The molecule has 0 heterocycles. The summed E-state index contributed by atoms with van der Waals surface area (Å²) in [4.78, 5) is 0. The van der Waals surface area contributed by atoms with Gasteiger partial charge in [0.2, 0.25) is 0 Å². The van der Waals surface area contributed by atoms with E-state index >= 15 is 0 Å². The van der Waals surface area contributed by atoms with Crippen LogP contribution in [-0.4, -0.2) is 22.1 Å². The number of hydrogen-bond donors (Lipinski definition) is 0. The highest BCUT2D eigenvalue weighted by molar-refractivity contribution is 8.77. The fourth-order valence-corrected chi connectivity index (χ4v) is 3.13. The van der Waals surface area contributed by atoms with Crippen molar-refractivity contribution in [3.8, 4) is 0 Å². The first-order valence-corrected chi connectivity index (χ1v) is 6.18. The van der Waals surface area contributed by atoms with Gasteiger partial charge in [-0.15, -0.1) is 0 Å². The summed E-state index contributed by atoms with van der Waals surface area (Å²) in [5, 5.41) is 0.751. The third-order valence-corrected chi connectivity index (χ3v) is 3.85. The van der Waals surface area contributed by atoms with Crippen LogP contribution < -0.4 is 0 Å². The van der Waals surface area contributed by atoms with Crippen LogP contribution in [0.5, 0.6) is 0 Å². The van der Waals surface area contributed by atoms with Gasteiger partial charge in [-0.05, 0) is 28.2 Å². The summed E-state index contributed by atoms with van der Waals surface area (Å²) in [6.45, 7) is 0. The number of hydrogen-bond acceptors (Lipinski definition) is 3. The van der Waals surface area contributed by atoms with Gasteiger partial charge >= 0.3 is 0 Å². The molecule has 0 spiro atoms.